The van der Waals surface area contributed by atoms with E-state index in [-0.39, 0.29) is 12.7 Å². The fraction of sp³-hybridized carbons (Fsp3) is 0.500. The standard InChI is InChI=1S/C12H18FNO/c1-9-4-5-11(10(2)14)12(8-9)15-7-3-6-13/h4-5,8,10H,3,6-7,14H2,1-2H3. The number of rotatable bonds is 5. The first kappa shape index (κ1) is 12.0. The van der Waals surface area contributed by atoms with Crippen LogP contribution in [0.2, 0.25) is 0 Å². The summed E-state index contributed by atoms with van der Waals surface area (Å²) >= 11 is 0. The molecule has 0 aliphatic rings. The largest absolute Gasteiger partial charge is 0.493 e. The summed E-state index contributed by atoms with van der Waals surface area (Å²) in [6, 6.07) is 5.84. The Morgan fingerprint density at radius 1 is 1.47 bits per heavy atom. The summed E-state index contributed by atoms with van der Waals surface area (Å²) in [7, 11) is 0. The van der Waals surface area contributed by atoms with Gasteiger partial charge in [0, 0.05) is 18.0 Å². The number of alkyl halides is 1. The lowest BCUT2D eigenvalue weighted by Crippen LogP contribution is -2.09. The van der Waals surface area contributed by atoms with Crippen molar-refractivity contribution in [2.45, 2.75) is 26.3 Å². The van der Waals surface area contributed by atoms with Crippen LogP contribution in [0.3, 0.4) is 0 Å². The van der Waals surface area contributed by atoms with Crippen molar-refractivity contribution in [3.63, 3.8) is 0 Å². The van der Waals surface area contributed by atoms with Crippen LogP contribution in [0, 0.1) is 6.92 Å². The van der Waals surface area contributed by atoms with Crippen molar-refractivity contribution in [2.24, 2.45) is 5.73 Å². The van der Waals surface area contributed by atoms with Crippen LogP contribution in [0.15, 0.2) is 18.2 Å². The highest BCUT2D eigenvalue weighted by Crippen LogP contribution is 2.25. The lowest BCUT2D eigenvalue weighted by Gasteiger charge is -2.14. The van der Waals surface area contributed by atoms with E-state index in [0.717, 1.165) is 16.9 Å². The predicted molar refractivity (Wildman–Crippen MR) is 59.9 cm³/mol. The van der Waals surface area contributed by atoms with Gasteiger partial charge in [0.1, 0.15) is 5.75 Å². The molecule has 3 heteroatoms. The molecule has 0 amide bonds. The van der Waals surface area contributed by atoms with Crippen LogP contribution in [0.5, 0.6) is 5.75 Å². The molecule has 2 N–H and O–H groups in total. The number of halogens is 1. The van der Waals surface area contributed by atoms with Gasteiger partial charge in [-0.1, -0.05) is 12.1 Å². The van der Waals surface area contributed by atoms with E-state index in [1.54, 1.807) is 0 Å². The summed E-state index contributed by atoms with van der Waals surface area (Å²) in [5.41, 5.74) is 7.91. The van der Waals surface area contributed by atoms with Gasteiger partial charge in [0.25, 0.3) is 0 Å². The molecule has 1 unspecified atom stereocenters. The third-order valence-corrected chi connectivity index (χ3v) is 2.20. The number of benzene rings is 1. The van der Waals surface area contributed by atoms with E-state index in [1.807, 2.05) is 32.0 Å². The van der Waals surface area contributed by atoms with Gasteiger partial charge < -0.3 is 10.5 Å². The molecule has 1 atom stereocenters. The molecule has 0 aliphatic carbocycles. The number of aryl methyl sites for hydroxylation is 1. The van der Waals surface area contributed by atoms with Gasteiger partial charge in [-0.15, -0.1) is 0 Å². The molecule has 0 radical (unpaired) electrons. The molecule has 1 rings (SSSR count). The third kappa shape index (κ3) is 3.51. The molecule has 0 saturated heterocycles. The van der Waals surface area contributed by atoms with Gasteiger partial charge in [-0.3, -0.25) is 4.39 Å². The second-order valence-corrected chi connectivity index (χ2v) is 3.72. The van der Waals surface area contributed by atoms with Crippen LogP contribution in [-0.2, 0) is 0 Å². The molecule has 0 heterocycles. The Bertz CT molecular complexity index is 312. The molecule has 0 saturated carbocycles. The van der Waals surface area contributed by atoms with E-state index in [2.05, 4.69) is 0 Å². The highest BCUT2D eigenvalue weighted by Gasteiger charge is 2.07. The van der Waals surface area contributed by atoms with E-state index >= 15 is 0 Å². The van der Waals surface area contributed by atoms with Gasteiger partial charge in [0.15, 0.2) is 0 Å². The normalized spacial score (nSPS) is 12.5. The van der Waals surface area contributed by atoms with Crippen LogP contribution in [-0.4, -0.2) is 13.3 Å². The maximum atomic E-state index is 11.9. The van der Waals surface area contributed by atoms with E-state index < -0.39 is 0 Å². The first-order valence-electron chi connectivity index (χ1n) is 5.20. The van der Waals surface area contributed by atoms with Gasteiger partial charge in [-0.25, -0.2) is 0 Å². The monoisotopic (exact) mass is 211 g/mol. The van der Waals surface area contributed by atoms with Gasteiger partial charge in [0.2, 0.25) is 0 Å². The molecule has 0 spiro atoms. The molecular formula is C12H18FNO. The number of ether oxygens (including phenoxy) is 1. The molecule has 2 nitrogen and oxygen atoms in total. The van der Waals surface area contributed by atoms with Crippen molar-refractivity contribution >= 4 is 0 Å². The van der Waals surface area contributed by atoms with Crippen molar-refractivity contribution in [3.05, 3.63) is 29.3 Å². The predicted octanol–water partition coefficient (Wildman–Crippen LogP) is 2.75. The van der Waals surface area contributed by atoms with Crippen molar-refractivity contribution in [1.82, 2.24) is 0 Å². The number of hydrogen-bond acceptors (Lipinski definition) is 2. The minimum Gasteiger partial charge on any atom is -0.493 e. The Hall–Kier alpha value is -1.09. The van der Waals surface area contributed by atoms with Crippen LogP contribution < -0.4 is 10.5 Å². The van der Waals surface area contributed by atoms with Gasteiger partial charge >= 0.3 is 0 Å². The lowest BCUT2D eigenvalue weighted by molar-refractivity contribution is 0.286. The van der Waals surface area contributed by atoms with E-state index in [1.165, 1.54) is 0 Å². The zero-order valence-corrected chi connectivity index (χ0v) is 9.29. The number of nitrogens with two attached hydrogens (primary N) is 1. The highest BCUT2D eigenvalue weighted by atomic mass is 19.1. The summed E-state index contributed by atoms with van der Waals surface area (Å²) in [5.74, 6) is 0.776. The minimum absolute atomic E-state index is 0.0639. The van der Waals surface area contributed by atoms with Crippen molar-refractivity contribution in [1.29, 1.82) is 0 Å². The average Bonchev–Trinajstić information content (AvgIpc) is 2.18. The second-order valence-electron chi connectivity index (χ2n) is 3.72. The number of hydrogen-bond donors (Lipinski definition) is 1. The van der Waals surface area contributed by atoms with Crippen LogP contribution in [0.25, 0.3) is 0 Å². The highest BCUT2D eigenvalue weighted by molar-refractivity contribution is 5.38. The zero-order chi connectivity index (χ0) is 11.3. The molecular weight excluding hydrogens is 193 g/mol. The summed E-state index contributed by atoms with van der Waals surface area (Å²) < 4.78 is 17.4. The van der Waals surface area contributed by atoms with Crippen LogP contribution in [0.4, 0.5) is 4.39 Å². The van der Waals surface area contributed by atoms with E-state index in [9.17, 15) is 4.39 Å². The van der Waals surface area contributed by atoms with E-state index in [4.69, 9.17) is 10.5 Å². The topological polar surface area (TPSA) is 35.2 Å². The molecule has 0 bridgehead atoms. The maximum absolute atomic E-state index is 11.9. The fourth-order valence-corrected chi connectivity index (χ4v) is 1.38. The van der Waals surface area contributed by atoms with Crippen molar-refractivity contribution in [3.8, 4) is 5.75 Å². The molecule has 1 aromatic carbocycles. The molecule has 0 fully saturated rings. The average molecular weight is 211 g/mol. The summed E-state index contributed by atoms with van der Waals surface area (Å²) in [6.07, 6.45) is 0.423. The Labute approximate surface area is 90.2 Å². The Morgan fingerprint density at radius 3 is 2.80 bits per heavy atom. The van der Waals surface area contributed by atoms with Gasteiger partial charge in [-0.2, -0.15) is 0 Å². The second kappa shape index (κ2) is 5.71. The maximum Gasteiger partial charge on any atom is 0.124 e. The first-order valence-corrected chi connectivity index (χ1v) is 5.20. The smallest absolute Gasteiger partial charge is 0.124 e. The molecule has 15 heavy (non-hydrogen) atoms. The molecule has 1 aromatic rings. The molecule has 84 valence electrons. The lowest BCUT2D eigenvalue weighted by atomic mass is 10.1. The Kier molecular flexibility index (Phi) is 4.56. The molecule has 0 aliphatic heterocycles. The summed E-state index contributed by atoms with van der Waals surface area (Å²) in [4.78, 5) is 0. The fourth-order valence-electron chi connectivity index (χ4n) is 1.38. The van der Waals surface area contributed by atoms with Crippen molar-refractivity contribution in [2.75, 3.05) is 13.3 Å². The van der Waals surface area contributed by atoms with Gasteiger partial charge in [0.05, 0.1) is 13.3 Å². The van der Waals surface area contributed by atoms with Crippen molar-refractivity contribution < 1.29 is 9.13 Å². The quantitative estimate of drug-likeness (QED) is 0.760. The minimum atomic E-state index is -0.348. The summed E-state index contributed by atoms with van der Waals surface area (Å²) in [6.45, 7) is 3.96. The Balaban J connectivity index is 2.77. The molecule has 0 aromatic heterocycles. The third-order valence-electron chi connectivity index (χ3n) is 2.20. The van der Waals surface area contributed by atoms with E-state index in [0.29, 0.717) is 13.0 Å². The Morgan fingerprint density at radius 2 is 2.20 bits per heavy atom. The SMILES string of the molecule is Cc1ccc(C(C)N)c(OCCCF)c1. The summed E-state index contributed by atoms with van der Waals surface area (Å²) in [5, 5.41) is 0. The first-order chi connectivity index (χ1) is 7.15. The van der Waals surface area contributed by atoms with Gasteiger partial charge in [-0.05, 0) is 25.5 Å². The van der Waals surface area contributed by atoms with Crippen LogP contribution in [0.1, 0.15) is 30.5 Å². The van der Waals surface area contributed by atoms with Crippen LogP contribution >= 0.6 is 0 Å². The zero-order valence-electron chi connectivity index (χ0n) is 9.29.